The first kappa shape index (κ1) is 10.7. The second kappa shape index (κ2) is 4.09. The van der Waals surface area contributed by atoms with Crippen LogP contribution >= 0.6 is 11.3 Å². The van der Waals surface area contributed by atoms with Crippen molar-refractivity contribution in [2.75, 3.05) is 6.54 Å². The highest BCUT2D eigenvalue weighted by Crippen LogP contribution is 2.23. The van der Waals surface area contributed by atoms with Crippen LogP contribution in [0.4, 0.5) is 0 Å². The fourth-order valence-corrected chi connectivity index (χ4v) is 2.92. The van der Waals surface area contributed by atoms with E-state index in [1.165, 1.54) is 0 Å². The number of nitrogens with one attached hydrogen (secondary N) is 2. The molecule has 2 N–H and O–H groups in total. The molecule has 0 amide bonds. The molecule has 5 heteroatoms. The first-order valence-electron chi connectivity index (χ1n) is 5.61. The van der Waals surface area contributed by atoms with Crippen molar-refractivity contribution in [1.82, 2.24) is 15.3 Å². The topological polar surface area (TPSA) is 57.8 Å². The number of thiophene rings is 1. The van der Waals surface area contributed by atoms with Gasteiger partial charge in [0.2, 0.25) is 0 Å². The zero-order valence-corrected chi connectivity index (χ0v) is 10.4. The number of fused-ring (bicyclic) bond motifs is 1. The van der Waals surface area contributed by atoms with E-state index >= 15 is 0 Å². The van der Waals surface area contributed by atoms with Gasteiger partial charge in [-0.15, -0.1) is 0 Å². The summed E-state index contributed by atoms with van der Waals surface area (Å²) in [6.07, 6.45) is 0.829. The molecule has 0 fully saturated rings. The normalized spacial score (nSPS) is 14.6. The van der Waals surface area contributed by atoms with E-state index in [-0.39, 0.29) is 5.56 Å². The van der Waals surface area contributed by atoms with Gasteiger partial charge in [-0.1, -0.05) is 0 Å². The van der Waals surface area contributed by atoms with Gasteiger partial charge in [0.1, 0.15) is 5.82 Å². The van der Waals surface area contributed by atoms with Crippen LogP contribution in [0.2, 0.25) is 0 Å². The minimum Gasteiger partial charge on any atom is -0.312 e. The second-order valence-corrected chi connectivity index (χ2v) is 4.98. The highest BCUT2D eigenvalue weighted by atomic mass is 32.1. The molecule has 1 aliphatic heterocycles. The molecule has 0 aromatic carbocycles. The van der Waals surface area contributed by atoms with Gasteiger partial charge in [0.15, 0.2) is 0 Å². The molecule has 3 heterocycles. The molecule has 4 nitrogen and oxygen atoms in total. The summed E-state index contributed by atoms with van der Waals surface area (Å²) in [6.45, 7) is 3.55. The SMILES string of the molecule is Cc1cscc1-c1nc2c(c(=O)[nH]1)CNCC2. The molecule has 17 heavy (non-hydrogen) atoms. The van der Waals surface area contributed by atoms with Gasteiger partial charge in [-0.25, -0.2) is 4.98 Å². The van der Waals surface area contributed by atoms with Gasteiger partial charge >= 0.3 is 0 Å². The highest BCUT2D eigenvalue weighted by molar-refractivity contribution is 7.08. The Labute approximate surface area is 103 Å². The molecule has 1 aliphatic rings. The Balaban J connectivity index is 2.17. The van der Waals surface area contributed by atoms with Crippen molar-refractivity contribution in [3.63, 3.8) is 0 Å². The van der Waals surface area contributed by atoms with Crippen molar-refractivity contribution in [2.45, 2.75) is 19.9 Å². The molecule has 0 spiro atoms. The summed E-state index contributed by atoms with van der Waals surface area (Å²) in [7, 11) is 0. The fourth-order valence-electron chi connectivity index (χ4n) is 2.08. The average molecular weight is 247 g/mol. The largest absolute Gasteiger partial charge is 0.312 e. The van der Waals surface area contributed by atoms with Crippen molar-refractivity contribution in [3.8, 4) is 11.4 Å². The lowest BCUT2D eigenvalue weighted by Gasteiger charge is -2.15. The first-order chi connectivity index (χ1) is 8.25. The smallest absolute Gasteiger partial charge is 0.255 e. The van der Waals surface area contributed by atoms with Gasteiger partial charge in [-0.05, 0) is 17.9 Å². The van der Waals surface area contributed by atoms with Crippen LogP contribution in [0.3, 0.4) is 0 Å². The highest BCUT2D eigenvalue weighted by Gasteiger charge is 2.16. The van der Waals surface area contributed by atoms with Crippen LogP contribution in [0, 0.1) is 6.92 Å². The monoisotopic (exact) mass is 247 g/mol. The summed E-state index contributed by atoms with van der Waals surface area (Å²) in [6, 6.07) is 0. The number of rotatable bonds is 1. The van der Waals surface area contributed by atoms with Crippen molar-refractivity contribution < 1.29 is 0 Å². The van der Waals surface area contributed by atoms with Crippen LogP contribution in [-0.2, 0) is 13.0 Å². The third-order valence-corrected chi connectivity index (χ3v) is 3.91. The van der Waals surface area contributed by atoms with E-state index in [2.05, 4.69) is 20.7 Å². The van der Waals surface area contributed by atoms with E-state index < -0.39 is 0 Å². The van der Waals surface area contributed by atoms with Gasteiger partial charge in [0.25, 0.3) is 5.56 Å². The Kier molecular flexibility index (Phi) is 2.57. The fraction of sp³-hybridized carbons (Fsp3) is 0.333. The number of aromatic nitrogens is 2. The maximum Gasteiger partial charge on any atom is 0.255 e. The van der Waals surface area contributed by atoms with E-state index in [0.717, 1.165) is 35.3 Å². The number of nitrogens with zero attached hydrogens (tertiary/aromatic N) is 1. The number of hydrogen-bond donors (Lipinski definition) is 2. The molecule has 3 rings (SSSR count). The molecular formula is C12H13N3OS. The van der Waals surface area contributed by atoms with Crippen LogP contribution in [0.1, 0.15) is 16.8 Å². The summed E-state index contributed by atoms with van der Waals surface area (Å²) in [5.74, 6) is 0.703. The zero-order chi connectivity index (χ0) is 11.8. The molecule has 88 valence electrons. The van der Waals surface area contributed by atoms with Crippen molar-refractivity contribution in [1.29, 1.82) is 0 Å². The minimum absolute atomic E-state index is 0.0113. The minimum atomic E-state index is -0.0113. The van der Waals surface area contributed by atoms with Crippen molar-refractivity contribution in [3.05, 3.63) is 37.9 Å². The Bertz CT molecular complexity index is 614. The van der Waals surface area contributed by atoms with E-state index in [9.17, 15) is 4.79 Å². The van der Waals surface area contributed by atoms with E-state index in [1.54, 1.807) is 11.3 Å². The van der Waals surface area contributed by atoms with Crippen LogP contribution in [-0.4, -0.2) is 16.5 Å². The number of aromatic amines is 1. The predicted octanol–water partition coefficient (Wildman–Crippen LogP) is 1.45. The van der Waals surface area contributed by atoms with Crippen molar-refractivity contribution >= 4 is 11.3 Å². The summed E-state index contributed by atoms with van der Waals surface area (Å²) in [4.78, 5) is 19.4. The van der Waals surface area contributed by atoms with Crippen molar-refractivity contribution in [2.24, 2.45) is 0 Å². The maximum atomic E-state index is 12.0. The van der Waals surface area contributed by atoms with E-state index in [4.69, 9.17) is 0 Å². The first-order valence-corrected chi connectivity index (χ1v) is 6.56. The lowest BCUT2D eigenvalue weighted by Crippen LogP contribution is -2.31. The van der Waals surface area contributed by atoms with E-state index in [1.807, 2.05) is 12.3 Å². The number of hydrogen-bond acceptors (Lipinski definition) is 4. The quantitative estimate of drug-likeness (QED) is 0.802. The third kappa shape index (κ3) is 1.81. The van der Waals surface area contributed by atoms with Gasteiger partial charge < -0.3 is 10.3 Å². The standard InChI is InChI=1S/C12H13N3OS/c1-7-5-17-6-9(7)11-14-10-2-3-13-4-8(10)12(16)15-11/h5-6,13H,2-4H2,1H3,(H,14,15,16). The summed E-state index contributed by atoms with van der Waals surface area (Å²) in [5, 5.41) is 7.28. The zero-order valence-electron chi connectivity index (χ0n) is 9.54. The third-order valence-electron chi connectivity index (χ3n) is 3.05. The molecule has 2 aromatic rings. The maximum absolute atomic E-state index is 12.0. The second-order valence-electron chi connectivity index (χ2n) is 4.24. The van der Waals surface area contributed by atoms with Gasteiger partial charge in [0.05, 0.1) is 11.3 Å². The summed E-state index contributed by atoms with van der Waals surface area (Å²) < 4.78 is 0. The van der Waals surface area contributed by atoms with Crippen LogP contribution in [0.25, 0.3) is 11.4 Å². The molecule has 0 saturated heterocycles. The molecule has 0 atom stereocenters. The van der Waals surface area contributed by atoms with Crippen LogP contribution < -0.4 is 10.9 Å². The van der Waals surface area contributed by atoms with E-state index in [0.29, 0.717) is 12.4 Å². The molecular weight excluding hydrogens is 234 g/mol. The lowest BCUT2D eigenvalue weighted by molar-refractivity contribution is 0.621. The predicted molar refractivity (Wildman–Crippen MR) is 68.3 cm³/mol. The van der Waals surface area contributed by atoms with Gasteiger partial charge in [-0.2, -0.15) is 11.3 Å². The average Bonchev–Trinajstić information content (AvgIpc) is 2.75. The van der Waals surface area contributed by atoms with Crippen LogP contribution in [0.5, 0.6) is 0 Å². The Morgan fingerprint density at radius 2 is 2.29 bits per heavy atom. The molecule has 2 aromatic heterocycles. The summed E-state index contributed by atoms with van der Waals surface area (Å²) >= 11 is 1.63. The van der Waals surface area contributed by atoms with Gasteiger partial charge in [0, 0.05) is 30.5 Å². The van der Waals surface area contributed by atoms with Crippen LogP contribution in [0.15, 0.2) is 15.6 Å². The van der Waals surface area contributed by atoms with Gasteiger partial charge in [-0.3, -0.25) is 4.79 Å². The molecule has 0 radical (unpaired) electrons. The molecule has 0 aliphatic carbocycles. The number of aryl methyl sites for hydroxylation is 1. The Morgan fingerprint density at radius 3 is 3.06 bits per heavy atom. The molecule has 0 bridgehead atoms. The molecule has 0 unspecified atom stereocenters. The Hall–Kier alpha value is -1.46. The number of H-pyrrole nitrogens is 1. The molecule has 0 saturated carbocycles. The Morgan fingerprint density at radius 1 is 1.41 bits per heavy atom. The lowest BCUT2D eigenvalue weighted by atomic mass is 10.1. The summed E-state index contributed by atoms with van der Waals surface area (Å²) in [5.41, 5.74) is 3.91.